The van der Waals surface area contributed by atoms with Crippen molar-refractivity contribution < 1.29 is 10.2 Å². The van der Waals surface area contributed by atoms with Crippen LogP contribution >= 0.6 is 0 Å². The Morgan fingerprint density at radius 2 is 0.857 bits per heavy atom. The van der Waals surface area contributed by atoms with Crippen LogP contribution in [0.3, 0.4) is 0 Å². The third-order valence-corrected chi connectivity index (χ3v) is 8.96. The fraction of sp³-hybridized carbons (Fsp3) is 0. The molecule has 2 nitrogen and oxygen atoms in total. The van der Waals surface area contributed by atoms with Crippen LogP contribution in [-0.2, 0) is 0 Å². The van der Waals surface area contributed by atoms with E-state index in [-0.39, 0.29) is 0 Å². The quantitative estimate of drug-likeness (QED) is 0.206. The first kappa shape index (κ1) is 21.2. The number of hydrogen-bond donors (Lipinski definition) is 0. The van der Waals surface area contributed by atoms with Crippen LogP contribution in [0.5, 0.6) is 0 Å². The summed E-state index contributed by atoms with van der Waals surface area (Å²) in [5.74, 6) is 0. The van der Waals surface area contributed by atoms with E-state index in [0.29, 0.717) is 6.04 Å². The molecule has 0 aliphatic rings. The third kappa shape index (κ3) is 2.83. The maximum Gasteiger partial charge on any atom is 0.143 e. The normalized spacial score (nSPS) is 12.6. The van der Waals surface area contributed by atoms with Crippen LogP contribution in [0.25, 0.3) is 98.4 Å². The number of benzene rings is 8. The minimum atomic E-state index is 0.509. The van der Waals surface area contributed by atoms with Crippen molar-refractivity contribution in [1.82, 2.24) is 0 Å². The molecular formula is C40H22O2. The summed E-state index contributed by atoms with van der Waals surface area (Å²) in [6.07, 6.45) is 0. The van der Waals surface area contributed by atoms with Gasteiger partial charge in [-0.05, 0) is 55.6 Å². The lowest BCUT2D eigenvalue weighted by molar-refractivity contribution is 0.669. The smallest absolute Gasteiger partial charge is 0.143 e. The zero-order chi connectivity index (χ0) is 28.2. The van der Waals surface area contributed by atoms with Crippen molar-refractivity contribution in [3.63, 3.8) is 0 Å². The first-order chi connectivity index (χ1) is 21.2. The molecule has 0 atom stereocenters. The summed E-state index contributed by atoms with van der Waals surface area (Å²) in [4.78, 5) is 0. The molecule has 0 saturated heterocycles. The van der Waals surface area contributed by atoms with Crippen molar-refractivity contribution in [1.29, 1.82) is 0 Å². The lowest BCUT2D eigenvalue weighted by Gasteiger charge is -2.17. The summed E-state index contributed by atoms with van der Waals surface area (Å²) in [7, 11) is 0. The first-order valence-corrected chi connectivity index (χ1v) is 14.3. The molecule has 0 aliphatic carbocycles. The number of hydrogen-bond acceptors (Lipinski definition) is 2. The Bertz CT molecular complexity index is 2740. The van der Waals surface area contributed by atoms with Gasteiger partial charge in [0.2, 0.25) is 0 Å². The Balaban J connectivity index is 1.31. The van der Waals surface area contributed by atoms with Gasteiger partial charge >= 0.3 is 0 Å². The van der Waals surface area contributed by atoms with E-state index in [9.17, 15) is 0 Å². The molecule has 0 saturated carbocycles. The fourth-order valence-corrected chi connectivity index (χ4v) is 7.10. The van der Waals surface area contributed by atoms with Gasteiger partial charge in [0.25, 0.3) is 0 Å². The lowest BCUT2D eigenvalue weighted by atomic mass is 9.86. The molecule has 0 spiro atoms. The van der Waals surface area contributed by atoms with E-state index < -0.39 is 0 Å². The second kappa shape index (κ2) is 7.99. The Morgan fingerprint density at radius 1 is 0.357 bits per heavy atom. The average Bonchev–Trinajstić information content (AvgIpc) is 3.63. The van der Waals surface area contributed by atoms with Gasteiger partial charge in [0, 0.05) is 32.7 Å². The molecule has 8 aromatic carbocycles. The van der Waals surface area contributed by atoms with E-state index in [2.05, 4.69) is 91.0 Å². The zero-order valence-corrected chi connectivity index (χ0v) is 22.4. The van der Waals surface area contributed by atoms with Crippen LogP contribution in [0, 0.1) is 0 Å². The summed E-state index contributed by atoms with van der Waals surface area (Å²) in [5.41, 5.74) is 7.75. The summed E-state index contributed by atoms with van der Waals surface area (Å²) < 4.78 is 22.0. The van der Waals surface area contributed by atoms with Gasteiger partial charge in [0.1, 0.15) is 22.3 Å². The van der Waals surface area contributed by atoms with Crippen LogP contribution in [0.15, 0.2) is 142 Å². The molecule has 2 heteroatoms. The summed E-state index contributed by atoms with van der Waals surface area (Å²) in [6, 6.07) is 44.8. The highest BCUT2D eigenvalue weighted by molar-refractivity contribution is 6.29. The largest absolute Gasteiger partial charge is 0.455 e. The van der Waals surface area contributed by atoms with Crippen LogP contribution in [0.2, 0.25) is 0 Å². The Morgan fingerprint density at radius 3 is 1.50 bits per heavy atom. The van der Waals surface area contributed by atoms with Crippen molar-refractivity contribution in [2.45, 2.75) is 0 Å². The van der Waals surface area contributed by atoms with Gasteiger partial charge in [-0.1, -0.05) is 121 Å². The number of fused-ring (bicyclic) bond motifs is 6. The minimum absolute atomic E-state index is 0.509. The van der Waals surface area contributed by atoms with Gasteiger partial charge in [0.15, 0.2) is 0 Å². The number of rotatable bonds is 2. The molecule has 10 rings (SSSR count). The molecule has 194 valence electrons. The van der Waals surface area contributed by atoms with Gasteiger partial charge in [0.05, 0.1) is 1.37 Å². The molecule has 0 unspecified atom stereocenters. The van der Waals surface area contributed by atoms with E-state index in [1.54, 1.807) is 0 Å². The zero-order valence-electron chi connectivity index (χ0n) is 23.4. The number of furan rings is 2. The highest BCUT2D eigenvalue weighted by Crippen LogP contribution is 2.46. The molecule has 0 amide bonds. The molecule has 2 heterocycles. The van der Waals surface area contributed by atoms with E-state index in [1.165, 1.54) is 5.39 Å². The van der Waals surface area contributed by atoms with Gasteiger partial charge in [-0.15, -0.1) is 0 Å². The molecule has 10 aromatic rings. The fourth-order valence-electron chi connectivity index (χ4n) is 7.10. The van der Waals surface area contributed by atoms with Crippen molar-refractivity contribution in [3.05, 3.63) is 133 Å². The predicted octanol–water partition coefficient (Wildman–Crippen LogP) is 11.7. The molecule has 42 heavy (non-hydrogen) atoms. The Labute approximate surface area is 241 Å². The van der Waals surface area contributed by atoms with E-state index in [4.69, 9.17) is 10.2 Å². The molecule has 0 fully saturated rings. The van der Waals surface area contributed by atoms with Gasteiger partial charge in [-0.25, -0.2) is 0 Å². The average molecular weight is 536 g/mol. The second-order valence-corrected chi connectivity index (χ2v) is 11.1. The van der Waals surface area contributed by atoms with Crippen LogP contribution in [0.1, 0.15) is 1.37 Å². The summed E-state index contributed by atoms with van der Waals surface area (Å²) >= 11 is 0. The van der Waals surface area contributed by atoms with Crippen LogP contribution in [-0.4, -0.2) is 0 Å². The van der Waals surface area contributed by atoms with Gasteiger partial charge in [-0.3, -0.25) is 0 Å². The first-order valence-electron chi connectivity index (χ1n) is 14.8. The van der Waals surface area contributed by atoms with Crippen molar-refractivity contribution in [2.24, 2.45) is 0 Å². The molecule has 2 aromatic heterocycles. The maximum absolute atomic E-state index is 9.15. The molecule has 0 radical (unpaired) electrons. The van der Waals surface area contributed by atoms with Crippen molar-refractivity contribution >= 4 is 76.2 Å². The topological polar surface area (TPSA) is 26.3 Å². The summed E-state index contributed by atoms with van der Waals surface area (Å²) in [6.45, 7) is 0. The highest BCUT2D eigenvalue weighted by atomic mass is 16.3. The standard InChI is InChI=1S/C40H22O2/c1-3-13-35-27(7-1)33-11-5-9-31(39(33)41-35)25-19-17-23-15-16-24-18-20-26(30-22-21-29(25)37(23)38(24)30)32-10-6-12-34-28-8-2-4-14-36(28)42-40(32)34/h1-22H/i17D. The Kier molecular flexibility index (Phi) is 4.03. The van der Waals surface area contributed by atoms with Gasteiger partial charge < -0.3 is 8.83 Å². The monoisotopic (exact) mass is 535 g/mol. The SMILES string of the molecule is [2H]c1cc(-c2cccc3c2oc2ccccc23)c2ccc3c(-c4cccc5c4oc4ccccc45)ccc4ccc1c2c43. The molecule has 0 aliphatic heterocycles. The second-order valence-electron chi connectivity index (χ2n) is 11.1. The molecule has 0 N–H and O–H groups in total. The van der Waals surface area contributed by atoms with E-state index in [1.807, 2.05) is 36.4 Å². The minimum Gasteiger partial charge on any atom is -0.455 e. The van der Waals surface area contributed by atoms with Gasteiger partial charge in [-0.2, -0.15) is 0 Å². The third-order valence-electron chi connectivity index (χ3n) is 8.96. The van der Waals surface area contributed by atoms with Crippen LogP contribution < -0.4 is 0 Å². The lowest BCUT2D eigenvalue weighted by Crippen LogP contribution is -1.90. The van der Waals surface area contributed by atoms with Crippen LogP contribution in [0.4, 0.5) is 0 Å². The van der Waals surface area contributed by atoms with Crippen molar-refractivity contribution in [3.8, 4) is 22.3 Å². The summed E-state index contributed by atoms with van der Waals surface area (Å²) in [5, 5.41) is 11.1. The Hall–Kier alpha value is -5.60. The number of para-hydroxylation sites is 4. The molecule has 0 bridgehead atoms. The van der Waals surface area contributed by atoms with E-state index >= 15 is 0 Å². The highest BCUT2D eigenvalue weighted by Gasteiger charge is 2.19. The maximum atomic E-state index is 9.15. The predicted molar refractivity (Wildman–Crippen MR) is 176 cm³/mol. The van der Waals surface area contributed by atoms with Crippen molar-refractivity contribution in [2.75, 3.05) is 0 Å². The molecular weight excluding hydrogens is 512 g/mol. The van der Waals surface area contributed by atoms with E-state index in [0.717, 1.165) is 93.1 Å².